The number of aromatic nitrogens is 2. The lowest BCUT2D eigenvalue weighted by molar-refractivity contribution is -0.0586. The fourth-order valence-electron chi connectivity index (χ4n) is 3.56. The Hall–Kier alpha value is -1.83. The fourth-order valence-corrected chi connectivity index (χ4v) is 4.59. The average Bonchev–Trinajstić information content (AvgIpc) is 2.71. The molecule has 2 aromatic rings. The van der Waals surface area contributed by atoms with Gasteiger partial charge in [0.2, 0.25) is 0 Å². The fraction of sp³-hybridized carbons (Fsp3) is 0.500. The SMILES string of the molecule is CCCN(C)c1cc(Cl)nc(SCc2cccc(C(=O)N3CC(C)OC(C)C3)c2)n1. The molecule has 0 radical (unpaired) electrons. The summed E-state index contributed by atoms with van der Waals surface area (Å²) in [4.78, 5) is 25.9. The van der Waals surface area contributed by atoms with Crippen molar-refractivity contribution in [1.29, 1.82) is 0 Å². The molecule has 1 aliphatic heterocycles. The highest BCUT2D eigenvalue weighted by Gasteiger charge is 2.26. The molecule has 0 bridgehead atoms. The van der Waals surface area contributed by atoms with E-state index in [1.165, 1.54) is 11.8 Å². The van der Waals surface area contributed by atoms with Crippen molar-refractivity contribution >= 4 is 35.1 Å². The number of hydrogen-bond acceptors (Lipinski definition) is 6. The van der Waals surface area contributed by atoms with Crippen molar-refractivity contribution < 1.29 is 9.53 Å². The lowest BCUT2D eigenvalue weighted by Gasteiger charge is -2.35. The van der Waals surface area contributed by atoms with Gasteiger partial charge in [0.1, 0.15) is 11.0 Å². The highest BCUT2D eigenvalue weighted by atomic mass is 35.5. The number of morpholine rings is 1. The van der Waals surface area contributed by atoms with E-state index in [4.69, 9.17) is 16.3 Å². The Kier molecular flexibility index (Phi) is 7.97. The Morgan fingerprint density at radius 3 is 2.70 bits per heavy atom. The third-order valence-corrected chi connectivity index (χ3v) is 5.97. The van der Waals surface area contributed by atoms with E-state index in [0.717, 1.165) is 24.3 Å². The van der Waals surface area contributed by atoms with Crippen molar-refractivity contribution in [3.63, 3.8) is 0 Å². The van der Waals surface area contributed by atoms with Crippen molar-refractivity contribution in [3.05, 3.63) is 46.6 Å². The van der Waals surface area contributed by atoms with E-state index in [9.17, 15) is 4.79 Å². The largest absolute Gasteiger partial charge is 0.372 e. The van der Waals surface area contributed by atoms with Crippen molar-refractivity contribution in [2.45, 2.75) is 50.3 Å². The number of thioether (sulfide) groups is 1. The van der Waals surface area contributed by atoms with Crippen LogP contribution in [-0.2, 0) is 10.5 Å². The molecule has 0 spiro atoms. The number of hydrogen-bond donors (Lipinski definition) is 0. The van der Waals surface area contributed by atoms with Crippen molar-refractivity contribution in [2.75, 3.05) is 31.6 Å². The zero-order valence-electron chi connectivity index (χ0n) is 18.0. The first-order valence-electron chi connectivity index (χ1n) is 10.3. The first-order chi connectivity index (χ1) is 14.4. The zero-order chi connectivity index (χ0) is 21.7. The summed E-state index contributed by atoms with van der Waals surface area (Å²) in [5.74, 6) is 1.53. The smallest absolute Gasteiger partial charge is 0.254 e. The summed E-state index contributed by atoms with van der Waals surface area (Å²) >= 11 is 7.72. The van der Waals surface area contributed by atoms with Gasteiger partial charge < -0.3 is 14.5 Å². The second-order valence-corrected chi connectivity index (χ2v) is 9.04. The van der Waals surface area contributed by atoms with Crippen molar-refractivity contribution in [2.24, 2.45) is 0 Å². The third-order valence-electron chi connectivity index (χ3n) is 4.86. The molecule has 0 saturated carbocycles. The molecule has 6 nitrogen and oxygen atoms in total. The van der Waals surface area contributed by atoms with Crippen LogP contribution in [0.5, 0.6) is 0 Å². The Balaban J connectivity index is 1.68. The van der Waals surface area contributed by atoms with Crippen LogP contribution in [0.2, 0.25) is 5.15 Å². The Labute approximate surface area is 188 Å². The molecule has 2 atom stereocenters. The Morgan fingerprint density at radius 2 is 2.00 bits per heavy atom. The molecular weight excluding hydrogens is 420 g/mol. The van der Waals surface area contributed by atoms with Gasteiger partial charge in [0, 0.05) is 44.1 Å². The van der Waals surface area contributed by atoms with Crippen LogP contribution in [0.1, 0.15) is 43.1 Å². The molecule has 0 N–H and O–H groups in total. The number of amides is 1. The Morgan fingerprint density at radius 1 is 1.27 bits per heavy atom. The second-order valence-electron chi connectivity index (χ2n) is 7.71. The molecular formula is C22H29ClN4O2S. The van der Waals surface area contributed by atoms with E-state index >= 15 is 0 Å². The normalized spacial score (nSPS) is 19.0. The maximum Gasteiger partial charge on any atom is 0.254 e. The number of ether oxygens (including phenoxy) is 1. The summed E-state index contributed by atoms with van der Waals surface area (Å²) in [6, 6.07) is 9.55. The molecule has 2 unspecified atom stereocenters. The van der Waals surface area contributed by atoms with Gasteiger partial charge in [0.05, 0.1) is 12.2 Å². The van der Waals surface area contributed by atoms with Gasteiger partial charge in [-0.05, 0) is 38.0 Å². The number of rotatable bonds is 7. The minimum atomic E-state index is 0.0475. The van der Waals surface area contributed by atoms with Crippen LogP contribution in [0.4, 0.5) is 5.82 Å². The maximum atomic E-state index is 13.0. The van der Waals surface area contributed by atoms with E-state index in [0.29, 0.717) is 34.7 Å². The highest BCUT2D eigenvalue weighted by molar-refractivity contribution is 7.98. The van der Waals surface area contributed by atoms with Gasteiger partial charge in [0.15, 0.2) is 5.16 Å². The lowest BCUT2D eigenvalue weighted by atomic mass is 10.1. The summed E-state index contributed by atoms with van der Waals surface area (Å²) in [7, 11) is 2.00. The quantitative estimate of drug-likeness (QED) is 0.352. The van der Waals surface area contributed by atoms with Crippen molar-refractivity contribution in [3.8, 4) is 0 Å². The van der Waals surface area contributed by atoms with E-state index in [-0.39, 0.29) is 18.1 Å². The van der Waals surface area contributed by atoms with Gasteiger partial charge in [-0.25, -0.2) is 9.97 Å². The minimum Gasteiger partial charge on any atom is -0.372 e. The molecule has 1 aliphatic rings. The standard InChI is InChI=1S/C22H29ClN4O2S/c1-5-9-26(4)20-11-19(23)24-22(25-20)30-14-17-7-6-8-18(10-17)21(28)27-12-15(2)29-16(3)13-27/h6-8,10-11,15-16H,5,9,12-14H2,1-4H3. The number of carbonyl (C=O) groups excluding carboxylic acids is 1. The van der Waals surface area contributed by atoms with E-state index < -0.39 is 0 Å². The second kappa shape index (κ2) is 10.5. The molecule has 1 aromatic heterocycles. The molecule has 0 aliphatic carbocycles. The predicted octanol–water partition coefficient (Wildman–Crippen LogP) is 4.52. The first kappa shape index (κ1) is 22.8. The van der Waals surface area contributed by atoms with Crippen LogP contribution in [0, 0.1) is 0 Å². The zero-order valence-corrected chi connectivity index (χ0v) is 19.5. The lowest BCUT2D eigenvalue weighted by Crippen LogP contribution is -2.48. The summed E-state index contributed by atoms with van der Waals surface area (Å²) in [5.41, 5.74) is 1.75. The van der Waals surface area contributed by atoms with Crippen LogP contribution >= 0.6 is 23.4 Å². The molecule has 30 heavy (non-hydrogen) atoms. The van der Waals surface area contributed by atoms with Crippen LogP contribution in [-0.4, -0.2) is 59.7 Å². The summed E-state index contributed by atoms with van der Waals surface area (Å²) < 4.78 is 5.74. The van der Waals surface area contributed by atoms with Gasteiger partial charge in [-0.3, -0.25) is 4.79 Å². The van der Waals surface area contributed by atoms with Gasteiger partial charge in [-0.15, -0.1) is 0 Å². The molecule has 2 heterocycles. The topological polar surface area (TPSA) is 58.6 Å². The molecule has 1 amide bonds. The van der Waals surface area contributed by atoms with E-state index in [2.05, 4.69) is 21.8 Å². The third kappa shape index (κ3) is 6.09. The summed E-state index contributed by atoms with van der Waals surface area (Å²) in [5, 5.41) is 1.07. The van der Waals surface area contributed by atoms with E-state index in [1.54, 1.807) is 6.07 Å². The number of nitrogens with zero attached hydrogens (tertiary/aromatic N) is 4. The summed E-state index contributed by atoms with van der Waals surface area (Å²) in [6.45, 7) is 8.27. The van der Waals surface area contributed by atoms with Crippen LogP contribution in [0.25, 0.3) is 0 Å². The van der Waals surface area contributed by atoms with Crippen LogP contribution < -0.4 is 4.90 Å². The number of anilines is 1. The highest BCUT2D eigenvalue weighted by Crippen LogP contribution is 2.25. The molecule has 1 saturated heterocycles. The number of halogens is 1. The number of benzene rings is 1. The van der Waals surface area contributed by atoms with Gasteiger partial charge in [0.25, 0.3) is 5.91 Å². The Bertz CT molecular complexity index is 872. The summed E-state index contributed by atoms with van der Waals surface area (Å²) in [6.07, 6.45) is 1.13. The molecule has 3 rings (SSSR count). The molecule has 8 heteroatoms. The maximum absolute atomic E-state index is 13.0. The first-order valence-corrected chi connectivity index (χ1v) is 11.6. The van der Waals surface area contributed by atoms with Gasteiger partial charge in [-0.2, -0.15) is 0 Å². The van der Waals surface area contributed by atoms with Crippen LogP contribution in [0.15, 0.2) is 35.5 Å². The number of carbonyl (C=O) groups is 1. The molecule has 1 aromatic carbocycles. The van der Waals surface area contributed by atoms with Crippen LogP contribution in [0.3, 0.4) is 0 Å². The van der Waals surface area contributed by atoms with E-state index in [1.807, 2.05) is 50.1 Å². The average molecular weight is 449 g/mol. The molecule has 162 valence electrons. The predicted molar refractivity (Wildman–Crippen MR) is 123 cm³/mol. The van der Waals surface area contributed by atoms with Gasteiger partial charge >= 0.3 is 0 Å². The monoisotopic (exact) mass is 448 g/mol. The van der Waals surface area contributed by atoms with Crippen molar-refractivity contribution in [1.82, 2.24) is 14.9 Å². The molecule has 1 fully saturated rings. The minimum absolute atomic E-state index is 0.0475. The van der Waals surface area contributed by atoms with Gasteiger partial charge in [-0.1, -0.05) is 42.4 Å².